The average Bonchev–Trinajstić information content (AvgIpc) is 3.03. The van der Waals surface area contributed by atoms with Gasteiger partial charge in [-0.3, -0.25) is 9.89 Å². The number of benzene rings is 1. The Labute approximate surface area is 117 Å². The van der Waals surface area contributed by atoms with Crippen LogP contribution < -0.4 is 10.6 Å². The van der Waals surface area contributed by atoms with E-state index in [4.69, 9.17) is 0 Å². The molecule has 3 rings (SSSR count). The Kier molecular flexibility index (Phi) is 3.78. The van der Waals surface area contributed by atoms with E-state index in [0.717, 1.165) is 42.9 Å². The summed E-state index contributed by atoms with van der Waals surface area (Å²) in [7, 11) is 0. The minimum atomic E-state index is 0.0690. The summed E-state index contributed by atoms with van der Waals surface area (Å²) in [5, 5.41) is 13.1. The third-order valence-corrected chi connectivity index (χ3v) is 3.61. The second kappa shape index (κ2) is 5.88. The fourth-order valence-electron chi connectivity index (χ4n) is 2.50. The van der Waals surface area contributed by atoms with Gasteiger partial charge in [0.15, 0.2) is 0 Å². The Balaban J connectivity index is 1.71. The molecular formula is C15H18N4O. The SMILES string of the molecule is O=C(Nc1cccc(-c2ccn[nH]2)c1)C1CCCNC1. The topological polar surface area (TPSA) is 69.8 Å². The van der Waals surface area contributed by atoms with Crippen molar-refractivity contribution in [2.45, 2.75) is 12.8 Å². The van der Waals surface area contributed by atoms with Gasteiger partial charge in [0.2, 0.25) is 5.91 Å². The fourth-order valence-corrected chi connectivity index (χ4v) is 2.50. The summed E-state index contributed by atoms with van der Waals surface area (Å²) in [4.78, 5) is 12.2. The van der Waals surface area contributed by atoms with E-state index in [9.17, 15) is 4.79 Å². The smallest absolute Gasteiger partial charge is 0.228 e. The zero-order valence-corrected chi connectivity index (χ0v) is 11.2. The zero-order valence-electron chi connectivity index (χ0n) is 11.2. The monoisotopic (exact) mass is 270 g/mol. The molecule has 3 N–H and O–H groups in total. The van der Waals surface area contributed by atoms with Crippen LogP contribution in [0.4, 0.5) is 5.69 Å². The number of amides is 1. The third kappa shape index (κ3) is 2.88. The Hall–Kier alpha value is -2.14. The normalized spacial score (nSPS) is 18.7. The van der Waals surface area contributed by atoms with E-state index >= 15 is 0 Å². The van der Waals surface area contributed by atoms with Gasteiger partial charge >= 0.3 is 0 Å². The molecule has 1 aliphatic heterocycles. The van der Waals surface area contributed by atoms with Crippen LogP contribution in [0.25, 0.3) is 11.3 Å². The quantitative estimate of drug-likeness (QED) is 0.799. The lowest BCUT2D eigenvalue weighted by atomic mass is 9.98. The van der Waals surface area contributed by atoms with Gasteiger partial charge in [-0.05, 0) is 37.6 Å². The van der Waals surface area contributed by atoms with Crippen LogP contribution in [-0.2, 0) is 4.79 Å². The summed E-state index contributed by atoms with van der Waals surface area (Å²) >= 11 is 0. The van der Waals surface area contributed by atoms with E-state index in [2.05, 4.69) is 20.8 Å². The van der Waals surface area contributed by atoms with Gasteiger partial charge in [-0.15, -0.1) is 0 Å². The first kappa shape index (κ1) is 12.9. The maximum atomic E-state index is 12.2. The van der Waals surface area contributed by atoms with Crippen molar-refractivity contribution < 1.29 is 4.79 Å². The van der Waals surface area contributed by atoms with Crippen LogP contribution >= 0.6 is 0 Å². The fraction of sp³-hybridized carbons (Fsp3) is 0.333. The highest BCUT2D eigenvalue weighted by atomic mass is 16.1. The standard InChI is InChI=1S/C15H18N4O/c20-15(12-4-2-7-16-10-12)18-13-5-1-3-11(9-13)14-6-8-17-19-14/h1,3,5-6,8-9,12,16H,2,4,7,10H2,(H,17,19)(H,18,20). The van der Waals surface area contributed by atoms with Gasteiger partial charge in [-0.1, -0.05) is 12.1 Å². The van der Waals surface area contributed by atoms with Crippen molar-refractivity contribution in [1.29, 1.82) is 0 Å². The number of hydrogen-bond acceptors (Lipinski definition) is 3. The molecule has 2 aromatic rings. The number of piperidine rings is 1. The Morgan fingerprint density at radius 1 is 1.35 bits per heavy atom. The van der Waals surface area contributed by atoms with Gasteiger partial charge < -0.3 is 10.6 Å². The lowest BCUT2D eigenvalue weighted by molar-refractivity contribution is -0.120. The summed E-state index contributed by atoms with van der Waals surface area (Å²) in [5.41, 5.74) is 2.79. The average molecular weight is 270 g/mol. The molecule has 104 valence electrons. The van der Waals surface area contributed by atoms with Crippen LogP contribution in [0.15, 0.2) is 36.5 Å². The van der Waals surface area contributed by atoms with Crippen molar-refractivity contribution in [2.24, 2.45) is 5.92 Å². The van der Waals surface area contributed by atoms with Gasteiger partial charge in [0.25, 0.3) is 0 Å². The number of aromatic amines is 1. The van der Waals surface area contributed by atoms with Gasteiger partial charge in [0.1, 0.15) is 0 Å². The van der Waals surface area contributed by atoms with Crippen molar-refractivity contribution in [3.8, 4) is 11.3 Å². The molecule has 0 saturated carbocycles. The van der Waals surface area contributed by atoms with Crippen molar-refractivity contribution >= 4 is 11.6 Å². The van der Waals surface area contributed by atoms with Crippen LogP contribution in [-0.4, -0.2) is 29.2 Å². The molecule has 1 atom stereocenters. The maximum absolute atomic E-state index is 12.2. The van der Waals surface area contributed by atoms with Crippen LogP contribution in [0.5, 0.6) is 0 Å². The number of nitrogens with zero attached hydrogens (tertiary/aromatic N) is 1. The van der Waals surface area contributed by atoms with Gasteiger partial charge in [0.05, 0.1) is 11.6 Å². The molecule has 0 aliphatic carbocycles. The number of aromatic nitrogens is 2. The summed E-state index contributed by atoms with van der Waals surface area (Å²) in [6.45, 7) is 1.78. The minimum absolute atomic E-state index is 0.0690. The van der Waals surface area contributed by atoms with E-state index in [0.29, 0.717) is 0 Å². The number of carbonyl (C=O) groups is 1. The molecule has 5 nitrogen and oxygen atoms in total. The molecule has 1 aromatic heterocycles. The van der Waals surface area contributed by atoms with Crippen molar-refractivity contribution in [3.63, 3.8) is 0 Å². The van der Waals surface area contributed by atoms with E-state index in [-0.39, 0.29) is 11.8 Å². The molecule has 1 unspecified atom stereocenters. The van der Waals surface area contributed by atoms with E-state index in [1.54, 1.807) is 6.20 Å². The molecule has 1 fully saturated rings. The molecular weight excluding hydrogens is 252 g/mol. The summed E-state index contributed by atoms with van der Waals surface area (Å²) in [6, 6.07) is 9.71. The number of hydrogen-bond donors (Lipinski definition) is 3. The first-order valence-electron chi connectivity index (χ1n) is 6.94. The Bertz CT molecular complexity index is 573. The zero-order chi connectivity index (χ0) is 13.8. The third-order valence-electron chi connectivity index (χ3n) is 3.61. The highest BCUT2D eigenvalue weighted by Gasteiger charge is 2.20. The molecule has 1 saturated heterocycles. The number of nitrogens with one attached hydrogen (secondary N) is 3. The van der Waals surface area contributed by atoms with Crippen LogP contribution in [0.2, 0.25) is 0 Å². The molecule has 1 aromatic carbocycles. The van der Waals surface area contributed by atoms with E-state index in [1.807, 2.05) is 30.3 Å². The van der Waals surface area contributed by atoms with Gasteiger partial charge in [-0.2, -0.15) is 5.10 Å². The highest BCUT2D eigenvalue weighted by Crippen LogP contribution is 2.21. The number of rotatable bonds is 3. The van der Waals surface area contributed by atoms with Crippen molar-refractivity contribution in [2.75, 3.05) is 18.4 Å². The lowest BCUT2D eigenvalue weighted by Gasteiger charge is -2.22. The minimum Gasteiger partial charge on any atom is -0.326 e. The number of anilines is 1. The predicted octanol–water partition coefficient (Wildman–Crippen LogP) is 2.01. The second-order valence-electron chi connectivity index (χ2n) is 5.08. The summed E-state index contributed by atoms with van der Waals surface area (Å²) < 4.78 is 0. The predicted molar refractivity (Wildman–Crippen MR) is 78.2 cm³/mol. The summed E-state index contributed by atoms with van der Waals surface area (Å²) in [5.74, 6) is 0.165. The molecule has 5 heteroatoms. The molecule has 2 heterocycles. The van der Waals surface area contributed by atoms with Crippen molar-refractivity contribution in [1.82, 2.24) is 15.5 Å². The number of H-pyrrole nitrogens is 1. The summed E-state index contributed by atoms with van der Waals surface area (Å²) in [6.07, 6.45) is 3.74. The van der Waals surface area contributed by atoms with Crippen LogP contribution in [0, 0.1) is 5.92 Å². The van der Waals surface area contributed by atoms with Crippen molar-refractivity contribution in [3.05, 3.63) is 36.5 Å². The first-order valence-corrected chi connectivity index (χ1v) is 6.94. The Morgan fingerprint density at radius 3 is 3.05 bits per heavy atom. The maximum Gasteiger partial charge on any atom is 0.228 e. The molecule has 0 bridgehead atoms. The van der Waals surface area contributed by atoms with Gasteiger partial charge in [-0.25, -0.2) is 0 Å². The lowest BCUT2D eigenvalue weighted by Crippen LogP contribution is -2.37. The second-order valence-corrected chi connectivity index (χ2v) is 5.08. The first-order chi connectivity index (χ1) is 9.83. The molecule has 1 amide bonds. The molecule has 0 radical (unpaired) electrons. The molecule has 1 aliphatic rings. The van der Waals surface area contributed by atoms with Crippen LogP contribution in [0.1, 0.15) is 12.8 Å². The molecule has 0 spiro atoms. The largest absolute Gasteiger partial charge is 0.326 e. The van der Waals surface area contributed by atoms with Crippen LogP contribution in [0.3, 0.4) is 0 Å². The van der Waals surface area contributed by atoms with E-state index < -0.39 is 0 Å². The Morgan fingerprint density at radius 2 is 2.30 bits per heavy atom. The highest BCUT2D eigenvalue weighted by molar-refractivity contribution is 5.93. The van der Waals surface area contributed by atoms with Gasteiger partial charge in [0, 0.05) is 24.0 Å². The number of carbonyl (C=O) groups excluding carboxylic acids is 1. The molecule has 20 heavy (non-hydrogen) atoms. The van der Waals surface area contributed by atoms with E-state index in [1.165, 1.54) is 0 Å².